The van der Waals surface area contributed by atoms with Gasteiger partial charge >= 0.3 is 5.97 Å². The Morgan fingerprint density at radius 1 is 1.45 bits per heavy atom. The standard InChI is InChI=1S/C7H13NO3/c1-5(2)8-11-6(3)7(9)10-4/h6H,1-4H3. The van der Waals surface area contributed by atoms with E-state index in [1.54, 1.807) is 20.8 Å². The molecule has 64 valence electrons. The predicted octanol–water partition coefficient (Wildman–Crippen LogP) is 0.960. The van der Waals surface area contributed by atoms with E-state index < -0.39 is 12.1 Å². The summed E-state index contributed by atoms with van der Waals surface area (Å²) in [5.74, 6) is -0.421. The number of hydrogen-bond acceptors (Lipinski definition) is 4. The van der Waals surface area contributed by atoms with Gasteiger partial charge in [-0.25, -0.2) is 4.79 Å². The topological polar surface area (TPSA) is 47.9 Å². The molecule has 0 bridgehead atoms. The maximum absolute atomic E-state index is 10.7. The molecule has 0 rings (SSSR count). The number of methoxy groups -OCH3 is 1. The lowest BCUT2D eigenvalue weighted by molar-refractivity contribution is -0.152. The number of oxime groups is 1. The first-order valence-electron chi connectivity index (χ1n) is 3.32. The molecule has 1 atom stereocenters. The largest absolute Gasteiger partial charge is 0.466 e. The number of nitrogens with zero attached hydrogens (tertiary/aromatic N) is 1. The molecular formula is C7H13NO3. The van der Waals surface area contributed by atoms with Crippen LogP contribution in [0.2, 0.25) is 0 Å². The second-order valence-corrected chi connectivity index (χ2v) is 2.31. The summed E-state index contributed by atoms with van der Waals surface area (Å²) in [5, 5.41) is 3.61. The second kappa shape index (κ2) is 4.71. The summed E-state index contributed by atoms with van der Waals surface area (Å²) >= 11 is 0. The number of esters is 1. The third kappa shape index (κ3) is 4.36. The summed E-state index contributed by atoms with van der Waals surface area (Å²) in [4.78, 5) is 15.5. The third-order valence-electron chi connectivity index (χ3n) is 0.927. The van der Waals surface area contributed by atoms with E-state index in [4.69, 9.17) is 4.84 Å². The van der Waals surface area contributed by atoms with Gasteiger partial charge in [0.2, 0.25) is 6.10 Å². The van der Waals surface area contributed by atoms with Crippen LogP contribution in [0.25, 0.3) is 0 Å². The van der Waals surface area contributed by atoms with Crippen LogP contribution in [0.5, 0.6) is 0 Å². The van der Waals surface area contributed by atoms with Crippen LogP contribution in [0.4, 0.5) is 0 Å². The van der Waals surface area contributed by atoms with Crippen molar-refractivity contribution >= 4 is 11.7 Å². The Morgan fingerprint density at radius 3 is 2.36 bits per heavy atom. The Bertz CT molecular complexity index is 161. The normalized spacial score (nSPS) is 11.6. The molecule has 0 aromatic heterocycles. The average molecular weight is 159 g/mol. The van der Waals surface area contributed by atoms with Crippen molar-refractivity contribution in [2.45, 2.75) is 26.9 Å². The molecule has 0 spiro atoms. The van der Waals surface area contributed by atoms with Gasteiger partial charge in [0.15, 0.2) is 0 Å². The zero-order valence-electron chi connectivity index (χ0n) is 7.25. The smallest absolute Gasteiger partial charge is 0.349 e. The lowest BCUT2D eigenvalue weighted by Gasteiger charge is -2.06. The zero-order chi connectivity index (χ0) is 8.85. The lowest BCUT2D eigenvalue weighted by Crippen LogP contribution is -2.20. The summed E-state index contributed by atoms with van der Waals surface area (Å²) in [6.45, 7) is 5.15. The van der Waals surface area contributed by atoms with Crippen LogP contribution in [0.15, 0.2) is 5.16 Å². The van der Waals surface area contributed by atoms with Crippen molar-refractivity contribution < 1.29 is 14.4 Å². The summed E-state index contributed by atoms with van der Waals surface area (Å²) in [5.41, 5.74) is 0.765. The van der Waals surface area contributed by atoms with Gasteiger partial charge in [-0.1, -0.05) is 5.16 Å². The molecule has 0 N–H and O–H groups in total. The maximum Gasteiger partial charge on any atom is 0.349 e. The van der Waals surface area contributed by atoms with E-state index in [1.165, 1.54) is 7.11 Å². The van der Waals surface area contributed by atoms with Crippen LogP contribution >= 0.6 is 0 Å². The molecule has 0 aliphatic rings. The van der Waals surface area contributed by atoms with Crippen molar-refractivity contribution in [3.8, 4) is 0 Å². The van der Waals surface area contributed by atoms with E-state index in [0.717, 1.165) is 5.71 Å². The van der Waals surface area contributed by atoms with Gasteiger partial charge in [-0.3, -0.25) is 0 Å². The molecule has 0 aromatic carbocycles. The third-order valence-corrected chi connectivity index (χ3v) is 0.927. The number of ether oxygens (including phenoxy) is 1. The van der Waals surface area contributed by atoms with E-state index in [0.29, 0.717) is 0 Å². The molecule has 0 radical (unpaired) electrons. The zero-order valence-corrected chi connectivity index (χ0v) is 7.25. The van der Waals surface area contributed by atoms with Gasteiger partial charge in [0.05, 0.1) is 12.8 Å². The van der Waals surface area contributed by atoms with Crippen LogP contribution in [-0.4, -0.2) is 24.9 Å². The van der Waals surface area contributed by atoms with Crippen molar-refractivity contribution in [1.29, 1.82) is 0 Å². The quantitative estimate of drug-likeness (QED) is 0.350. The first kappa shape index (κ1) is 9.94. The molecule has 11 heavy (non-hydrogen) atoms. The molecule has 0 aromatic rings. The SMILES string of the molecule is COC(=O)C(C)ON=C(C)C. The number of carbonyl (C=O) groups is 1. The molecule has 0 heterocycles. The van der Waals surface area contributed by atoms with Crippen molar-refractivity contribution in [3.05, 3.63) is 0 Å². The first-order chi connectivity index (χ1) is 5.07. The van der Waals surface area contributed by atoms with Gasteiger partial charge in [0, 0.05) is 0 Å². The lowest BCUT2D eigenvalue weighted by atomic mass is 10.4. The van der Waals surface area contributed by atoms with Crippen molar-refractivity contribution in [3.63, 3.8) is 0 Å². The summed E-state index contributed by atoms with van der Waals surface area (Å²) in [6, 6.07) is 0. The van der Waals surface area contributed by atoms with Crippen molar-refractivity contribution in [1.82, 2.24) is 0 Å². The molecule has 0 saturated heterocycles. The molecule has 0 fully saturated rings. The molecule has 1 unspecified atom stereocenters. The van der Waals surface area contributed by atoms with E-state index >= 15 is 0 Å². The van der Waals surface area contributed by atoms with Crippen molar-refractivity contribution in [2.75, 3.05) is 7.11 Å². The van der Waals surface area contributed by atoms with Crippen LogP contribution in [0.1, 0.15) is 20.8 Å². The fraction of sp³-hybridized carbons (Fsp3) is 0.714. The van der Waals surface area contributed by atoms with Gasteiger partial charge in [-0.05, 0) is 20.8 Å². The fourth-order valence-electron chi connectivity index (χ4n) is 0.393. The average Bonchev–Trinajstić information content (AvgIpc) is 1.98. The second-order valence-electron chi connectivity index (χ2n) is 2.31. The van der Waals surface area contributed by atoms with Gasteiger partial charge in [0.1, 0.15) is 0 Å². The number of rotatable bonds is 3. The molecular weight excluding hydrogens is 146 g/mol. The van der Waals surface area contributed by atoms with E-state index in [1.807, 2.05) is 0 Å². The Labute approximate surface area is 66.2 Å². The maximum atomic E-state index is 10.7. The molecule has 0 aliphatic heterocycles. The van der Waals surface area contributed by atoms with Gasteiger partial charge in [0.25, 0.3) is 0 Å². The monoisotopic (exact) mass is 159 g/mol. The van der Waals surface area contributed by atoms with Gasteiger partial charge < -0.3 is 9.57 Å². The van der Waals surface area contributed by atoms with Gasteiger partial charge in [-0.2, -0.15) is 0 Å². The minimum absolute atomic E-state index is 0.421. The number of carbonyl (C=O) groups excluding carboxylic acids is 1. The fourth-order valence-corrected chi connectivity index (χ4v) is 0.393. The Kier molecular flexibility index (Phi) is 4.26. The molecule has 0 amide bonds. The highest BCUT2D eigenvalue weighted by Crippen LogP contribution is 1.94. The van der Waals surface area contributed by atoms with Crippen LogP contribution < -0.4 is 0 Å². The molecule has 0 saturated carbocycles. The highest BCUT2D eigenvalue weighted by molar-refractivity contribution is 5.79. The van der Waals surface area contributed by atoms with Crippen LogP contribution in [-0.2, 0) is 14.4 Å². The Balaban J connectivity index is 3.78. The number of hydrogen-bond donors (Lipinski definition) is 0. The minimum atomic E-state index is -0.630. The molecule has 4 nitrogen and oxygen atoms in total. The van der Waals surface area contributed by atoms with Gasteiger partial charge in [-0.15, -0.1) is 0 Å². The summed E-state index contributed by atoms with van der Waals surface area (Å²) in [7, 11) is 1.31. The van der Waals surface area contributed by atoms with Crippen molar-refractivity contribution in [2.24, 2.45) is 5.16 Å². The van der Waals surface area contributed by atoms with E-state index in [2.05, 4.69) is 9.89 Å². The minimum Gasteiger partial charge on any atom is -0.466 e. The molecule has 0 aliphatic carbocycles. The Hall–Kier alpha value is -1.06. The Morgan fingerprint density at radius 2 is 2.00 bits per heavy atom. The first-order valence-corrected chi connectivity index (χ1v) is 3.32. The summed E-state index contributed by atoms with van der Waals surface area (Å²) < 4.78 is 4.41. The van der Waals surface area contributed by atoms with E-state index in [9.17, 15) is 4.79 Å². The predicted molar refractivity (Wildman–Crippen MR) is 41.3 cm³/mol. The summed E-state index contributed by atoms with van der Waals surface area (Å²) in [6.07, 6.45) is -0.630. The highest BCUT2D eigenvalue weighted by Gasteiger charge is 2.13. The van der Waals surface area contributed by atoms with Crippen LogP contribution in [0.3, 0.4) is 0 Å². The molecule has 4 heteroatoms. The highest BCUT2D eigenvalue weighted by atomic mass is 16.7. The van der Waals surface area contributed by atoms with Crippen LogP contribution in [0, 0.1) is 0 Å². The van der Waals surface area contributed by atoms with E-state index in [-0.39, 0.29) is 0 Å².